The second-order valence-corrected chi connectivity index (χ2v) is 5.78. The summed E-state index contributed by atoms with van der Waals surface area (Å²) in [5, 5.41) is 0. The van der Waals surface area contributed by atoms with Crippen molar-refractivity contribution in [2.24, 2.45) is 23.7 Å². The molecule has 0 saturated heterocycles. The Balaban J connectivity index is 2.41. The quantitative estimate of drug-likeness (QED) is 0.570. The Morgan fingerprint density at radius 2 is 0.364 bits per heavy atom. The van der Waals surface area contributed by atoms with E-state index in [0.717, 1.165) is 0 Å². The summed E-state index contributed by atoms with van der Waals surface area (Å²) in [4.78, 5) is 0. The Bertz CT molecular complexity index is 374. The summed E-state index contributed by atoms with van der Waals surface area (Å²) in [6.07, 6.45) is 0. The van der Waals surface area contributed by atoms with E-state index in [1.165, 1.54) is 0 Å². The third-order valence-electron chi connectivity index (χ3n) is 4.62. The summed E-state index contributed by atoms with van der Waals surface area (Å²) in [6, 6.07) is 0. The monoisotopic (exact) mass is 352 g/mol. The van der Waals surface area contributed by atoms with Gasteiger partial charge in [-0.2, -0.15) is 0 Å². The molecule has 0 aliphatic heterocycles. The average molecular weight is 352 g/mol. The van der Waals surface area contributed by atoms with Crippen LogP contribution < -0.4 is 0 Å². The smallest absolute Gasteiger partial charge is 0.205 e. The first-order chi connectivity index (χ1) is 9.46. The Labute approximate surface area is 113 Å². The summed E-state index contributed by atoms with van der Waals surface area (Å²) < 4.78 is 163. The van der Waals surface area contributed by atoms with Gasteiger partial charge in [-0.3, -0.25) is 0 Å². The number of rotatable bonds is 0. The zero-order chi connectivity index (χ0) is 17.3. The minimum absolute atomic E-state index is 4.63. The van der Waals surface area contributed by atoms with Gasteiger partial charge in [0, 0.05) is 0 Å². The topological polar surface area (TPSA) is 0 Å². The maximum atomic E-state index is 13.6. The van der Waals surface area contributed by atoms with Crippen molar-refractivity contribution >= 4 is 0 Å². The van der Waals surface area contributed by atoms with Crippen LogP contribution >= 0.6 is 0 Å². The molecule has 22 heavy (non-hydrogen) atoms. The maximum Gasteiger partial charge on any atom is 0.276 e. The molecule has 128 valence electrons. The Hall–Kier alpha value is -0.840. The summed E-state index contributed by atoms with van der Waals surface area (Å²) in [6.45, 7) is 0. The molecule has 0 radical (unpaired) electrons. The van der Waals surface area contributed by atoms with Crippen molar-refractivity contribution in [3.63, 3.8) is 0 Å². The second-order valence-electron chi connectivity index (χ2n) is 5.78. The molecule has 0 unspecified atom stereocenters. The number of alkyl halides is 12. The molecule has 4 saturated carbocycles. The molecule has 0 aromatic carbocycles. The van der Waals surface area contributed by atoms with Crippen molar-refractivity contribution in [3.05, 3.63) is 0 Å². The highest BCUT2D eigenvalue weighted by Crippen LogP contribution is 2.80. The maximum absolute atomic E-state index is 13.6. The van der Waals surface area contributed by atoms with E-state index < -0.39 is 59.2 Å². The molecule has 4 aliphatic rings. The van der Waals surface area contributed by atoms with E-state index in [1.54, 1.807) is 0 Å². The molecule has 4 rings (SSSR count). The third kappa shape index (κ3) is 1.25. The molecule has 0 atom stereocenters. The van der Waals surface area contributed by atoms with Gasteiger partial charge in [0.15, 0.2) is 23.7 Å². The molecule has 4 aliphatic carbocycles. The van der Waals surface area contributed by atoms with Crippen molar-refractivity contribution < 1.29 is 52.7 Å². The van der Waals surface area contributed by atoms with Gasteiger partial charge in [-0.05, 0) is 0 Å². The number of halogens is 12. The first kappa shape index (κ1) is 16.0. The van der Waals surface area contributed by atoms with Crippen molar-refractivity contribution in [1.82, 2.24) is 0 Å². The Morgan fingerprint density at radius 3 is 0.455 bits per heavy atom. The molecule has 0 amide bonds. The molecule has 4 fully saturated rings. The lowest BCUT2D eigenvalue weighted by molar-refractivity contribution is -0.520. The van der Waals surface area contributed by atoms with Crippen LogP contribution in [0.5, 0.6) is 0 Å². The van der Waals surface area contributed by atoms with Crippen LogP contribution in [0.25, 0.3) is 0 Å². The third-order valence-corrected chi connectivity index (χ3v) is 4.62. The largest absolute Gasteiger partial charge is 0.276 e. The minimum Gasteiger partial charge on any atom is -0.205 e. The molecule has 4 bridgehead atoms. The normalized spacial score (nSPS) is 47.5. The van der Waals surface area contributed by atoms with Crippen molar-refractivity contribution in [2.75, 3.05) is 0 Å². The van der Waals surface area contributed by atoms with Crippen LogP contribution in [0.15, 0.2) is 0 Å². The van der Waals surface area contributed by atoms with E-state index in [0.29, 0.717) is 0 Å². The highest BCUT2D eigenvalue weighted by atomic mass is 19.3. The van der Waals surface area contributed by atoms with Crippen LogP contribution in [0.4, 0.5) is 52.7 Å². The summed E-state index contributed by atoms with van der Waals surface area (Å²) in [7, 11) is 0. The van der Waals surface area contributed by atoms with Gasteiger partial charge in [-0.1, -0.05) is 0 Å². The predicted molar refractivity (Wildman–Crippen MR) is 43.6 cm³/mol. The molecular formula is C10H4F12. The van der Waals surface area contributed by atoms with E-state index in [2.05, 4.69) is 0 Å². The lowest BCUT2D eigenvalue weighted by Crippen LogP contribution is -2.89. The first-order valence-electron chi connectivity index (χ1n) is 5.73. The predicted octanol–water partition coefficient (Wildman–Crippen LogP) is 4.30. The van der Waals surface area contributed by atoms with Crippen LogP contribution in [0.2, 0.25) is 0 Å². The van der Waals surface area contributed by atoms with Crippen LogP contribution in [0.3, 0.4) is 0 Å². The highest BCUT2D eigenvalue weighted by molar-refractivity contribution is 5.31. The lowest BCUT2D eigenvalue weighted by Gasteiger charge is -2.66. The fourth-order valence-corrected chi connectivity index (χ4v) is 4.08. The van der Waals surface area contributed by atoms with Crippen LogP contribution in [-0.4, -0.2) is 35.5 Å². The van der Waals surface area contributed by atoms with Gasteiger partial charge in [-0.15, -0.1) is 0 Å². The van der Waals surface area contributed by atoms with Crippen molar-refractivity contribution in [2.45, 2.75) is 35.5 Å². The van der Waals surface area contributed by atoms with Gasteiger partial charge >= 0.3 is 0 Å². The molecule has 0 heterocycles. The van der Waals surface area contributed by atoms with Gasteiger partial charge < -0.3 is 0 Å². The van der Waals surface area contributed by atoms with Crippen LogP contribution in [0, 0.1) is 23.7 Å². The molecule has 0 nitrogen and oxygen atoms in total. The molecule has 12 heteroatoms. The number of hydrogen-bond acceptors (Lipinski definition) is 0. The van der Waals surface area contributed by atoms with Gasteiger partial charge in [0.1, 0.15) is 0 Å². The highest BCUT2D eigenvalue weighted by Gasteiger charge is 3.02. The standard InChI is InChI=1S/C10H4F12/c11-5(12)1-6(13,14)3-8(17,18)2(5)9(19,20)4(7(1,15)16)10(3,21)22/h1-4H. The summed E-state index contributed by atoms with van der Waals surface area (Å²) in [5.41, 5.74) is 0. The van der Waals surface area contributed by atoms with Crippen LogP contribution in [0.1, 0.15) is 0 Å². The fourth-order valence-electron chi connectivity index (χ4n) is 4.08. The Morgan fingerprint density at radius 1 is 0.273 bits per heavy atom. The van der Waals surface area contributed by atoms with Crippen molar-refractivity contribution in [1.29, 1.82) is 0 Å². The van der Waals surface area contributed by atoms with Gasteiger partial charge in [0.05, 0.1) is 0 Å². The van der Waals surface area contributed by atoms with Gasteiger partial charge in [-0.25, -0.2) is 52.7 Å². The SMILES string of the molecule is FC1(F)C2C(F)(F)C3C(F)(F)C1C(F)(F)C(C2(F)F)C3(F)F. The zero-order valence-electron chi connectivity index (χ0n) is 9.84. The molecule has 0 aromatic heterocycles. The van der Waals surface area contributed by atoms with Gasteiger partial charge in [0.2, 0.25) is 0 Å². The molecule has 0 N–H and O–H groups in total. The van der Waals surface area contributed by atoms with E-state index in [-0.39, 0.29) is 0 Å². The number of hydrogen-bond donors (Lipinski definition) is 0. The molecule has 0 spiro atoms. The minimum atomic E-state index is -5.93. The van der Waals surface area contributed by atoms with Crippen molar-refractivity contribution in [3.8, 4) is 0 Å². The van der Waals surface area contributed by atoms with E-state index >= 15 is 0 Å². The first-order valence-corrected chi connectivity index (χ1v) is 5.73. The summed E-state index contributed by atoms with van der Waals surface area (Å²) in [5.74, 6) is -54.1. The Kier molecular flexibility index (Phi) is 2.43. The molecule has 0 aromatic rings. The second kappa shape index (κ2) is 3.33. The molecular weight excluding hydrogens is 348 g/mol. The fraction of sp³-hybridized carbons (Fsp3) is 1.00. The van der Waals surface area contributed by atoms with E-state index in [1.807, 2.05) is 0 Å². The zero-order valence-corrected chi connectivity index (χ0v) is 9.84. The van der Waals surface area contributed by atoms with E-state index in [9.17, 15) is 52.7 Å². The van der Waals surface area contributed by atoms with Crippen LogP contribution in [-0.2, 0) is 0 Å². The van der Waals surface area contributed by atoms with E-state index in [4.69, 9.17) is 0 Å². The lowest BCUT2D eigenvalue weighted by atomic mass is 9.46. The summed E-state index contributed by atoms with van der Waals surface area (Å²) >= 11 is 0. The van der Waals surface area contributed by atoms with Gasteiger partial charge in [0.25, 0.3) is 35.5 Å². The average Bonchev–Trinajstić information content (AvgIpc) is 2.01.